The number of amides is 1. The van der Waals surface area contributed by atoms with E-state index in [0.29, 0.717) is 11.3 Å². The molecule has 0 aliphatic rings. The zero-order valence-electron chi connectivity index (χ0n) is 10.9. The van der Waals surface area contributed by atoms with Crippen molar-refractivity contribution in [3.63, 3.8) is 0 Å². The van der Waals surface area contributed by atoms with Crippen LogP contribution in [0.4, 0.5) is 5.69 Å². The van der Waals surface area contributed by atoms with Crippen LogP contribution in [-0.2, 0) is 0 Å². The standard InChI is InChI=1S/C13H20N2OS/c1-9-5-6-11(7-12(9)14)13(16)15(3)10(2)8-17-4/h5-7,10H,8,14H2,1-4H3. The first kappa shape index (κ1) is 13.9. The number of carbonyl (C=O) groups is 1. The summed E-state index contributed by atoms with van der Waals surface area (Å²) in [6.45, 7) is 3.98. The predicted molar refractivity (Wildman–Crippen MR) is 75.5 cm³/mol. The molecule has 0 radical (unpaired) electrons. The summed E-state index contributed by atoms with van der Waals surface area (Å²) < 4.78 is 0. The number of rotatable bonds is 4. The van der Waals surface area contributed by atoms with Gasteiger partial charge in [-0.2, -0.15) is 11.8 Å². The maximum absolute atomic E-state index is 12.2. The van der Waals surface area contributed by atoms with Gasteiger partial charge in [-0.25, -0.2) is 0 Å². The number of hydrogen-bond donors (Lipinski definition) is 1. The summed E-state index contributed by atoms with van der Waals surface area (Å²) in [5.41, 5.74) is 8.14. The van der Waals surface area contributed by atoms with Gasteiger partial charge in [0.2, 0.25) is 0 Å². The van der Waals surface area contributed by atoms with Gasteiger partial charge < -0.3 is 10.6 Å². The zero-order chi connectivity index (χ0) is 13.0. The number of aryl methyl sites for hydroxylation is 1. The number of hydrogen-bond acceptors (Lipinski definition) is 3. The number of nitrogens with two attached hydrogens (primary N) is 1. The van der Waals surface area contributed by atoms with E-state index >= 15 is 0 Å². The highest BCUT2D eigenvalue weighted by molar-refractivity contribution is 7.98. The van der Waals surface area contributed by atoms with Crippen LogP contribution in [0.1, 0.15) is 22.8 Å². The lowest BCUT2D eigenvalue weighted by molar-refractivity contribution is 0.0757. The van der Waals surface area contributed by atoms with E-state index in [4.69, 9.17) is 5.73 Å². The average molecular weight is 252 g/mol. The highest BCUT2D eigenvalue weighted by atomic mass is 32.2. The molecule has 0 fully saturated rings. The van der Waals surface area contributed by atoms with Crippen LogP contribution in [0.25, 0.3) is 0 Å². The van der Waals surface area contributed by atoms with Gasteiger partial charge >= 0.3 is 0 Å². The molecule has 0 aromatic heterocycles. The van der Waals surface area contributed by atoms with Crippen LogP contribution in [0.3, 0.4) is 0 Å². The summed E-state index contributed by atoms with van der Waals surface area (Å²) in [4.78, 5) is 14.0. The van der Waals surface area contributed by atoms with Gasteiger partial charge in [0, 0.05) is 30.1 Å². The highest BCUT2D eigenvalue weighted by Gasteiger charge is 2.17. The Morgan fingerprint density at radius 2 is 2.18 bits per heavy atom. The Bertz CT molecular complexity index is 406. The molecule has 0 saturated heterocycles. The molecule has 0 heterocycles. The maximum Gasteiger partial charge on any atom is 0.253 e. The SMILES string of the molecule is CSCC(C)N(C)C(=O)c1ccc(C)c(N)c1. The molecule has 1 atom stereocenters. The molecule has 17 heavy (non-hydrogen) atoms. The third kappa shape index (κ3) is 3.40. The molecule has 3 nitrogen and oxygen atoms in total. The van der Waals surface area contributed by atoms with Crippen LogP contribution in [0.5, 0.6) is 0 Å². The first-order valence-electron chi connectivity index (χ1n) is 5.59. The molecule has 1 aromatic carbocycles. The zero-order valence-corrected chi connectivity index (χ0v) is 11.7. The van der Waals surface area contributed by atoms with Crippen LogP contribution < -0.4 is 5.73 Å². The quantitative estimate of drug-likeness (QED) is 0.837. The Hall–Kier alpha value is -1.16. The molecule has 0 aliphatic heterocycles. The van der Waals surface area contributed by atoms with Gasteiger partial charge in [-0.15, -0.1) is 0 Å². The molecule has 1 amide bonds. The van der Waals surface area contributed by atoms with Crippen molar-refractivity contribution in [3.8, 4) is 0 Å². The Morgan fingerprint density at radius 1 is 1.53 bits per heavy atom. The second kappa shape index (κ2) is 5.96. The fraction of sp³-hybridized carbons (Fsp3) is 0.462. The first-order chi connectivity index (χ1) is 7.97. The molecular formula is C13H20N2OS. The Kier molecular flexibility index (Phi) is 4.87. The lowest BCUT2D eigenvalue weighted by Crippen LogP contribution is -2.36. The third-order valence-corrected chi connectivity index (χ3v) is 3.73. The molecule has 0 spiro atoms. The minimum atomic E-state index is 0.0262. The van der Waals surface area contributed by atoms with E-state index in [1.807, 2.05) is 39.3 Å². The monoisotopic (exact) mass is 252 g/mol. The summed E-state index contributed by atoms with van der Waals surface area (Å²) in [7, 11) is 1.83. The Morgan fingerprint density at radius 3 is 2.71 bits per heavy atom. The average Bonchev–Trinajstić information content (AvgIpc) is 2.31. The maximum atomic E-state index is 12.2. The summed E-state index contributed by atoms with van der Waals surface area (Å²) >= 11 is 1.74. The molecular weight excluding hydrogens is 232 g/mol. The van der Waals surface area contributed by atoms with E-state index < -0.39 is 0 Å². The minimum Gasteiger partial charge on any atom is -0.398 e. The smallest absolute Gasteiger partial charge is 0.253 e. The number of nitrogens with zero attached hydrogens (tertiary/aromatic N) is 1. The van der Waals surface area contributed by atoms with Gasteiger partial charge in [0.25, 0.3) is 5.91 Å². The van der Waals surface area contributed by atoms with Crippen molar-refractivity contribution >= 4 is 23.4 Å². The summed E-state index contributed by atoms with van der Waals surface area (Å²) in [6.07, 6.45) is 2.04. The van der Waals surface area contributed by atoms with E-state index in [9.17, 15) is 4.79 Å². The third-order valence-electron chi connectivity index (χ3n) is 2.92. The van der Waals surface area contributed by atoms with Crippen molar-refractivity contribution < 1.29 is 4.79 Å². The topological polar surface area (TPSA) is 46.3 Å². The molecule has 0 bridgehead atoms. The van der Waals surface area contributed by atoms with E-state index in [-0.39, 0.29) is 11.9 Å². The van der Waals surface area contributed by atoms with Crippen molar-refractivity contribution in [1.29, 1.82) is 0 Å². The molecule has 94 valence electrons. The molecule has 1 unspecified atom stereocenters. The second-order valence-electron chi connectivity index (χ2n) is 4.29. The van der Waals surface area contributed by atoms with Crippen LogP contribution in [0, 0.1) is 6.92 Å². The van der Waals surface area contributed by atoms with E-state index in [2.05, 4.69) is 0 Å². The van der Waals surface area contributed by atoms with Gasteiger partial charge in [-0.1, -0.05) is 6.07 Å². The lowest BCUT2D eigenvalue weighted by Gasteiger charge is -2.24. The fourth-order valence-electron chi connectivity index (χ4n) is 1.53. The van der Waals surface area contributed by atoms with Crippen molar-refractivity contribution in [2.75, 3.05) is 24.8 Å². The van der Waals surface area contributed by atoms with E-state index in [1.165, 1.54) is 0 Å². The minimum absolute atomic E-state index is 0.0262. The lowest BCUT2D eigenvalue weighted by atomic mass is 10.1. The Labute approximate surface area is 107 Å². The fourth-order valence-corrected chi connectivity index (χ4v) is 2.24. The molecule has 0 saturated carbocycles. The largest absolute Gasteiger partial charge is 0.398 e. The van der Waals surface area contributed by atoms with E-state index in [1.54, 1.807) is 22.7 Å². The molecule has 2 N–H and O–H groups in total. The van der Waals surface area contributed by atoms with Crippen molar-refractivity contribution in [2.45, 2.75) is 19.9 Å². The van der Waals surface area contributed by atoms with Gasteiger partial charge in [0.15, 0.2) is 0 Å². The van der Waals surface area contributed by atoms with Gasteiger partial charge in [0.05, 0.1) is 0 Å². The summed E-state index contributed by atoms with van der Waals surface area (Å²) in [5.74, 6) is 0.960. The van der Waals surface area contributed by atoms with Crippen LogP contribution in [0.2, 0.25) is 0 Å². The highest BCUT2D eigenvalue weighted by Crippen LogP contribution is 2.15. The van der Waals surface area contributed by atoms with Crippen LogP contribution >= 0.6 is 11.8 Å². The molecule has 4 heteroatoms. The number of carbonyl (C=O) groups excluding carboxylic acids is 1. The number of benzene rings is 1. The van der Waals surface area contributed by atoms with Crippen LogP contribution in [-0.4, -0.2) is 35.9 Å². The van der Waals surface area contributed by atoms with Gasteiger partial charge in [-0.3, -0.25) is 4.79 Å². The number of thioether (sulfide) groups is 1. The van der Waals surface area contributed by atoms with Crippen LogP contribution in [0.15, 0.2) is 18.2 Å². The molecule has 0 aliphatic carbocycles. The number of nitrogen functional groups attached to an aromatic ring is 1. The van der Waals surface area contributed by atoms with Crippen molar-refractivity contribution in [2.24, 2.45) is 0 Å². The van der Waals surface area contributed by atoms with Gasteiger partial charge in [-0.05, 0) is 37.8 Å². The Balaban J connectivity index is 2.85. The molecule has 1 rings (SSSR count). The van der Waals surface area contributed by atoms with Crippen molar-refractivity contribution in [3.05, 3.63) is 29.3 Å². The first-order valence-corrected chi connectivity index (χ1v) is 6.99. The second-order valence-corrected chi connectivity index (χ2v) is 5.20. The van der Waals surface area contributed by atoms with Gasteiger partial charge in [0.1, 0.15) is 0 Å². The number of anilines is 1. The normalized spacial score (nSPS) is 12.2. The predicted octanol–water partition coefficient (Wildman–Crippen LogP) is 2.40. The summed E-state index contributed by atoms with van der Waals surface area (Å²) in [5, 5.41) is 0. The van der Waals surface area contributed by atoms with E-state index in [0.717, 1.165) is 11.3 Å². The summed E-state index contributed by atoms with van der Waals surface area (Å²) in [6, 6.07) is 5.69. The van der Waals surface area contributed by atoms with Crippen molar-refractivity contribution in [1.82, 2.24) is 4.90 Å². The molecule has 1 aromatic rings.